The summed E-state index contributed by atoms with van der Waals surface area (Å²) >= 11 is 1.33. The first-order valence-electron chi connectivity index (χ1n) is 5.59. The second-order valence-corrected chi connectivity index (χ2v) is 5.07. The van der Waals surface area contributed by atoms with E-state index in [1.807, 2.05) is 19.9 Å². The number of hydrogen-bond donors (Lipinski definition) is 1. The third-order valence-corrected chi connectivity index (χ3v) is 3.40. The number of oxazole rings is 1. The van der Waals surface area contributed by atoms with Gasteiger partial charge in [-0.25, -0.2) is 9.78 Å². The molecule has 0 aliphatic carbocycles. The molecule has 1 heterocycles. The van der Waals surface area contributed by atoms with Crippen LogP contribution in [0.3, 0.4) is 0 Å². The van der Waals surface area contributed by atoms with Gasteiger partial charge in [0, 0.05) is 10.6 Å². The maximum absolute atomic E-state index is 11.6. The monoisotopic (exact) mass is 278 g/mol. The van der Waals surface area contributed by atoms with Crippen molar-refractivity contribution in [3.63, 3.8) is 0 Å². The highest BCUT2D eigenvalue weighted by Crippen LogP contribution is 2.31. The van der Waals surface area contributed by atoms with E-state index in [1.165, 1.54) is 18.9 Å². The lowest BCUT2D eigenvalue weighted by Gasteiger charge is -2.09. The minimum atomic E-state index is -0.452. The summed E-state index contributed by atoms with van der Waals surface area (Å²) < 4.78 is 9.98. The average Bonchev–Trinajstić information content (AvgIpc) is 2.78. The lowest BCUT2D eigenvalue weighted by Crippen LogP contribution is -2.07. The minimum absolute atomic E-state index is 0.355. The molecule has 6 heteroatoms. The Morgan fingerprint density at radius 2 is 2.16 bits per heavy atom. The lowest BCUT2D eigenvalue weighted by molar-refractivity contribution is 0.0601. The quantitative estimate of drug-likeness (QED) is 0.687. The number of carbonyl (C=O) groups is 1. The topological polar surface area (TPSA) is 78.3 Å². The molecule has 0 unspecified atom stereocenters. The van der Waals surface area contributed by atoms with Crippen LogP contribution in [0.2, 0.25) is 0 Å². The maximum atomic E-state index is 11.6. The molecule has 0 amide bonds. The van der Waals surface area contributed by atoms with E-state index in [4.69, 9.17) is 14.9 Å². The molecule has 0 spiro atoms. The highest BCUT2D eigenvalue weighted by atomic mass is 32.2. The second kappa shape index (κ2) is 5.36. The summed E-state index contributed by atoms with van der Waals surface area (Å²) in [7, 11) is 1.33. The highest BCUT2D eigenvalue weighted by Gasteiger charge is 2.15. The Labute approximate surface area is 115 Å². The van der Waals surface area contributed by atoms with Gasteiger partial charge >= 0.3 is 5.97 Å². The number of carbonyl (C=O) groups excluding carboxylic acids is 1. The van der Waals surface area contributed by atoms with Gasteiger partial charge in [0.2, 0.25) is 0 Å². The zero-order valence-electron chi connectivity index (χ0n) is 10.9. The van der Waals surface area contributed by atoms with Crippen molar-refractivity contribution in [3.05, 3.63) is 35.2 Å². The first kappa shape index (κ1) is 13.5. The van der Waals surface area contributed by atoms with Crippen molar-refractivity contribution >= 4 is 23.4 Å². The van der Waals surface area contributed by atoms with Gasteiger partial charge in [0.25, 0.3) is 5.22 Å². The molecular weight excluding hydrogens is 264 g/mol. The molecule has 0 saturated heterocycles. The van der Waals surface area contributed by atoms with Gasteiger partial charge in [-0.1, -0.05) is 0 Å². The molecule has 1 aromatic heterocycles. The fourth-order valence-electron chi connectivity index (χ4n) is 1.58. The van der Waals surface area contributed by atoms with Crippen LogP contribution >= 0.6 is 11.8 Å². The third-order valence-electron chi connectivity index (χ3n) is 2.57. The van der Waals surface area contributed by atoms with E-state index >= 15 is 0 Å². The van der Waals surface area contributed by atoms with Gasteiger partial charge in [-0.15, -0.1) is 0 Å². The van der Waals surface area contributed by atoms with Crippen molar-refractivity contribution < 1.29 is 13.9 Å². The molecule has 19 heavy (non-hydrogen) atoms. The SMILES string of the molecule is COC(=O)c1cc(Sc2nc(C)co2)cc(C)c1N. The third kappa shape index (κ3) is 2.90. The van der Waals surface area contributed by atoms with E-state index in [0.717, 1.165) is 16.2 Å². The number of methoxy groups -OCH3 is 1. The van der Waals surface area contributed by atoms with Crippen LogP contribution in [-0.4, -0.2) is 18.1 Å². The van der Waals surface area contributed by atoms with E-state index in [0.29, 0.717) is 16.5 Å². The largest absolute Gasteiger partial charge is 0.465 e. The number of benzene rings is 1. The normalized spacial score (nSPS) is 10.5. The van der Waals surface area contributed by atoms with Crippen molar-refractivity contribution in [1.82, 2.24) is 4.98 Å². The molecule has 1 aromatic carbocycles. The van der Waals surface area contributed by atoms with Crippen LogP contribution in [0.15, 0.2) is 32.9 Å². The molecule has 2 rings (SSSR count). The molecule has 0 atom stereocenters. The molecule has 100 valence electrons. The molecule has 0 aliphatic heterocycles. The molecule has 0 saturated carbocycles. The number of nitrogens with two attached hydrogens (primary N) is 1. The second-order valence-electron chi connectivity index (χ2n) is 4.05. The number of nitrogens with zero attached hydrogens (tertiary/aromatic N) is 1. The number of aryl methyl sites for hydroxylation is 2. The van der Waals surface area contributed by atoms with Crippen LogP contribution in [-0.2, 0) is 4.74 Å². The van der Waals surface area contributed by atoms with Crippen LogP contribution in [0.5, 0.6) is 0 Å². The van der Waals surface area contributed by atoms with E-state index in [1.54, 1.807) is 12.3 Å². The van der Waals surface area contributed by atoms with Gasteiger partial charge in [0.15, 0.2) is 0 Å². The summed E-state index contributed by atoms with van der Waals surface area (Å²) in [5.41, 5.74) is 8.28. The van der Waals surface area contributed by atoms with Gasteiger partial charge in [-0.3, -0.25) is 0 Å². The Balaban J connectivity index is 2.36. The average molecular weight is 278 g/mol. The number of hydrogen-bond acceptors (Lipinski definition) is 6. The van der Waals surface area contributed by atoms with Crippen molar-refractivity contribution in [3.8, 4) is 0 Å². The van der Waals surface area contributed by atoms with Gasteiger partial charge in [-0.05, 0) is 43.3 Å². The molecule has 0 radical (unpaired) electrons. The number of aromatic nitrogens is 1. The summed E-state index contributed by atoms with van der Waals surface area (Å²) in [6.45, 7) is 3.69. The molecular formula is C13H14N2O3S. The fourth-order valence-corrected chi connectivity index (χ4v) is 2.48. The Morgan fingerprint density at radius 3 is 2.74 bits per heavy atom. The van der Waals surface area contributed by atoms with Crippen molar-refractivity contribution in [2.24, 2.45) is 0 Å². The van der Waals surface area contributed by atoms with Gasteiger partial charge in [-0.2, -0.15) is 0 Å². The van der Waals surface area contributed by atoms with Crippen LogP contribution in [0, 0.1) is 13.8 Å². The van der Waals surface area contributed by atoms with Crippen LogP contribution in [0.4, 0.5) is 5.69 Å². The van der Waals surface area contributed by atoms with Crippen molar-refractivity contribution in [2.75, 3.05) is 12.8 Å². The summed E-state index contributed by atoms with van der Waals surface area (Å²) in [6.07, 6.45) is 1.58. The summed E-state index contributed by atoms with van der Waals surface area (Å²) in [5.74, 6) is -0.452. The van der Waals surface area contributed by atoms with Crippen molar-refractivity contribution in [1.29, 1.82) is 0 Å². The molecule has 0 fully saturated rings. The first-order valence-corrected chi connectivity index (χ1v) is 6.41. The zero-order chi connectivity index (χ0) is 14.0. The fraction of sp³-hybridized carbons (Fsp3) is 0.231. The van der Waals surface area contributed by atoms with Gasteiger partial charge in [0.05, 0.1) is 18.4 Å². The predicted octanol–water partition coefficient (Wildman–Crippen LogP) is 2.81. The highest BCUT2D eigenvalue weighted by molar-refractivity contribution is 7.99. The Morgan fingerprint density at radius 1 is 1.42 bits per heavy atom. The van der Waals surface area contributed by atoms with E-state index in [-0.39, 0.29) is 0 Å². The Kier molecular flexibility index (Phi) is 3.80. The minimum Gasteiger partial charge on any atom is -0.465 e. The molecule has 0 bridgehead atoms. The van der Waals surface area contributed by atoms with Crippen molar-refractivity contribution in [2.45, 2.75) is 24.0 Å². The smallest absolute Gasteiger partial charge is 0.340 e. The summed E-state index contributed by atoms with van der Waals surface area (Å²) in [5, 5.41) is 0.525. The standard InChI is InChI=1S/C13H14N2O3S/c1-7-4-9(19-13-15-8(2)6-18-13)5-10(11(7)14)12(16)17-3/h4-6H,14H2,1-3H3. The number of anilines is 1. The summed E-state index contributed by atoms with van der Waals surface area (Å²) in [4.78, 5) is 16.7. The Bertz CT molecular complexity index is 622. The number of esters is 1. The molecule has 5 nitrogen and oxygen atoms in total. The number of rotatable bonds is 3. The lowest BCUT2D eigenvalue weighted by atomic mass is 10.1. The molecule has 2 aromatic rings. The first-order chi connectivity index (χ1) is 9.01. The summed E-state index contributed by atoms with van der Waals surface area (Å²) in [6, 6.07) is 3.56. The van der Waals surface area contributed by atoms with Crippen LogP contribution in [0.25, 0.3) is 0 Å². The molecule has 0 aliphatic rings. The molecule has 2 N–H and O–H groups in total. The van der Waals surface area contributed by atoms with E-state index in [2.05, 4.69) is 4.98 Å². The Hall–Kier alpha value is -1.95. The van der Waals surface area contributed by atoms with Gasteiger partial charge in [0.1, 0.15) is 6.26 Å². The van der Waals surface area contributed by atoms with Crippen LogP contribution < -0.4 is 5.73 Å². The predicted molar refractivity (Wildman–Crippen MR) is 72.3 cm³/mol. The number of ether oxygens (including phenoxy) is 1. The van der Waals surface area contributed by atoms with E-state index < -0.39 is 5.97 Å². The van der Waals surface area contributed by atoms with Gasteiger partial charge < -0.3 is 14.9 Å². The van der Waals surface area contributed by atoms with E-state index in [9.17, 15) is 4.79 Å². The van der Waals surface area contributed by atoms with Crippen LogP contribution in [0.1, 0.15) is 21.6 Å². The number of nitrogen functional groups attached to an aromatic ring is 1. The maximum Gasteiger partial charge on any atom is 0.340 e. The zero-order valence-corrected chi connectivity index (χ0v) is 11.7.